The summed E-state index contributed by atoms with van der Waals surface area (Å²) in [7, 11) is -3.87. The Labute approximate surface area is 173 Å². The van der Waals surface area contributed by atoms with Crippen molar-refractivity contribution in [2.45, 2.75) is 24.3 Å². The first-order valence-corrected chi connectivity index (χ1v) is 10.5. The number of anilines is 2. The third kappa shape index (κ3) is 5.51. The van der Waals surface area contributed by atoms with Crippen LogP contribution in [0.5, 0.6) is 5.75 Å². The zero-order valence-corrected chi connectivity index (χ0v) is 16.8. The Hall–Kier alpha value is -3.53. The first-order chi connectivity index (χ1) is 14.4. The summed E-state index contributed by atoms with van der Waals surface area (Å²) in [4.78, 5) is 20.1. The lowest BCUT2D eigenvalue weighted by molar-refractivity contribution is -0.122. The molecule has 1 amide bonds. The number of benzene rings is 2. The van der Waals surface area contributed by atoms with Gasteiger partial charge in [0, 0.05) is 18.1 Å². The lowest BCUT2D eigenvalue weighted by Crippen LogP contribution is -2.32. The summed E-state index contributed by atoms with van der Waals surface area (Å²) in [6.45, 7) is 1.78. The van der Waals surface area contributed by atoms with E-state index in [9.17, 15) is 17.6 Å². The van der Waals surface area contributed by atoms with E-state index in [2.05, 4.69) is 20.0 Å². The molecular weight excluding hydrogens is 411 g/mol. The molecule has 0 unspecified atom stereocenters. The largest absolute Gasteiger partial charge is 0.481 e. The van der Waals surface area contributed by atoms with Gasteiger partial charge in [0.25, 0.3) is 15.9 Å². The number of amides is 1. The van der Waals surface area contributed by atoms with E-state index >= 15 is 0 Å². The fourth-order valence-corrected chi connectivity index (χ4v) is 3.43. The molecule has 0 aliphatic rings. The molecule has 2 aromatic carbocycles. The fourth-order valence-electron chi connectivity index (χ4n) is 2.47. The standard InChI is InChI=1S/C20H19FN4O4S/c1-2-18(29-16-8-4-14(21)5-9-16)19(26)24-15-6-10-17(11-7-15)30(27,28)25-20-22-12-3-13-23-20/h3-13,18H,2H2,1H3,(H,24,26)(H,22,23,25)/t18-/m1/s1. The van der Waals surface area contributed by atoms with Crippen molar-refractivity contribution in [1.82, 2.24) is 9.97 Å². The molecule has 1 aromatic heterocycles. The minimum absolute atomic E-state index is 0.0115. The molecule has 1 heterocycles. The van der Waals surface area contributed by atoms with E-state index in [-0.39, 0.29) is 10.8 Å². The quantitative estimate of drug-likeness (QED) is 0.568. The van der Waals surface area contributed by atoms with Gasteiger partial charge in [-0.25, -0.2) is 27.5 Å². The number of hydrogen-bond acceptors (Lipinski definition) is 6. The Morgan fingerprint density at radius 1 is 1.07 bits per heavy atom. The maximum Gasteiger partial charge on any atom is 0.265 e. The van der Waals surface area contributed by atoms with Gasteiger partial charge in [-0.1, -0.05) is 6.92 Å². The summed E-state index contributed by atoms with van der Waals surface area (Å²) in [5.41, 5.74) is 0.399. The van der Waals surface area contributed by atoms with Crippen LogP contribution >= 0.6 is 0 Å². The third-order valence-corrected chi connectivity index (χ3v) is 5.32. The van der Waals surface area contributed by atoms with Crippen molar-refractivity contribution in [2.24, 2.45) is 0 Å². The van der Waals surface area contributed by atoms with Crippen molar-refractivity contribution >= 4 is 27.6 Å². The van der Waals surface area contributed by atoms with Gasteiger partial charge in [0.2, 0.25) is 5.95 Å². The molecule has 3 rings (SSSR count). The highest BCUT2D eigenvalue weighted by molar-refractivity contribution is 7.92. The van der Waals surface area contributed by atoms with Crippen molar-refractivity contribution in [1.29, 1.82) is 0 Å². The molecule has 156 valence electrons. The van der Waals surface area contributed by atoms with Crippen molar-refractivity contribution < 1.29 is 22.3 Å². The SMILES string of the molecule is CC[C@@H](Oc1ccc(F)cc1)C(=O)Nc1ccc(S(=O)(=O)Nc2ncccn2)cc1. The van der Waals surface area contributed by atoms with Crippen LogP contribution in [-0.2, 0) is 14.8 Å². The van der Waals surface area contributed by atoms with E-state index in [4.69, 9.17) is 4.74 Å². The number of nitrogens with zero attached hydrogens (tertiary/aromatic N) is 2. The fraction of sp³-hybridized carbons (Fsp3) is 0.150. The van der Waals surface area contributed by atoms with Crippen LogP contribution in [0.2, 0.25) is 0 Å². The van der Waals surface area contributed by atoms with Crippen LogP contribution in [-0.4, -0.2) is 30.4 Å². The second kappa shape index (κ2) is 9.31. The second-order valence-corrected chi connectivity index (χ2v) is 7.84. The van der Waals surface area contributed by atoms with Crippen LogP contribution in [0.15, 0.2) is 71.9 Å². The highest BCUT2D eigenvalue weighted by Crippen LogP contribution is 2.18. The number of halogens is 1. The first kappa shape index (κ1) is 21.2. The third-order valence-electron chi connectivity index (χ3n) is 3.98. The maximum atomic E-state index is 13.0. The predicted molar refractivity (Wildman–Crippen MR) is 109 cm³/mol. The number of rotatable bonds is 8. The van der Waals surface area contributed by atoms with Gasteiger partial charge in [0.1, 0.15) is 11.6 Å². The Balaban J connectivity index is 1.65. The van der Waals surface area contributed by atoms with Gasteiger partial charge in [-0.2, -0.15) is 0 Å². The van der Waals surface area contributed by atoms with E-state index in [0.717, 1.165) is 0 Å². The number of nitrogens with one attached hydrogen (secondary N) is 2. The zero-order chi connectivity index (χ0) is 21.6. The zero-order valence-electron chi connectivity index (χ0n) is 15.9. The molecule has 0 radical (unpaired) electrons. The number of carbonyl (C=O) groups is 1. The Morgan fingerprint density at radius 3 is 2.30 bits per heavy atom. The summed E-state index contributed by atoms with van der Waals surface area (Å²) in [6, 6.07) is 12.6. The van der Waals surface area contributed by atoms with Crippen LogP contribution in [0.25, 0.3) is 0 Å². The molecule has 8 nitrogen and oxygen atoms in total. The van der Waals surface area contributed by atoms with Gasteiger partial charge in [0.15, 0.2) is 6.10 Å². The van der Waals surface area contributed by atoms with Crippen LogP contribution in [0, 0.1) is 5.82 Å². The van der Waals surface area contributed by atoms with E-state index in [1.807, 2.05) is 0 Å². The maximum absolute atomic E-state index is 13.0. The van der Waals surface area contributed by atoms with Gasteiger partial charge in [0.05, 0.1) is 4.90 Å². The number of hydrogen-bond donors (Lipinski definition) is 2. The highest BCUT2D eigenvalue weighted by atomic mass is 32.2. The smallest absolute Gasteiger partial charge is 0.265 e. The average molecular weight is 430 g/mol. The number of sulfonamides is 1. The number of carbonyl (C=O) groups excluding carboxylic acids is 1. The van der Waals surface area contributed by atoms with E-state index < -0.39 is 27.9 Å². The average Bonchev–Trinajstić information content (AvgIpc) is 2.74. The van der Waals surface area contributed by atoms with Crippen LogP contribution in [0.4, 0.5) is 16.0 Å². The molecule has 1 atom stereocenters. The molecule has 0 spiro atoms. The van der Waals surface area contributed by atoms with Gasteiger partial charge in [-0.05, 0) is 61.0 Å². The van der Waals surface area contributed by atoms with Gasteiger partial charge < -0.3 is 10.1 Å². The highest BCUT2D eigenvalue weighted by Gasteiger charge is 2.20. The summed E-state index contributed by atoms with van der Waals surface area (Å²) in [6.07, 6.45) is 2.43. The molecule has 30 heavy (non-hydrogen) atoms. The summed E-state index contributed by atoms with van der Waals surface area (Å²) in [5, 5.41) is 2.67. The van der Waals surface area contributed by atoms with Crippen LogP contribution in [0.3, 0.4) is 0 Å². The minimum Gasteiger partial charge on any atom is -0.481 e. The van der Waals surface area contributed by atoms with Crippen molar-refractivity contribution in [2.75, 3.05) is 10.0 Å². The van der Waals surface area contributed by atoms with Crippen molar-refractivity contribution in [3.8, 4) is 5.75 Å². The predicted octanol–water partition coefficient (Wildman–Crippen LogP) is 3.21. The first-order valence-electron chi connectivity index (χ1n) is 9.00. The van der Waals surface area contributed by atoms with Crippen LogP contribution in [0.1, 0.15) is 13.3 Å². The van der Waals surface area contributed by atoms with Crippen molar-refractivity contribution in [3.05, 3.63) is 72.8 Å². The molecule has 0 saturated carbocycles. The molecular formula is C20H19FN4O4S. The van der Waals surface area contributed by atoms with E-state index in [0.29, 0.717) is 17.9 Å². The van der Waals surface area contributed by atoms with E-state index in [1.54, 1.807) is 13.0 Å². The topological polar surface area (TPSA) is 110 Å². The summed E-state index contributed by atoms with van der Waals surface area (Å²) >= 11 is 0. The Bertz CT molecular complexity index is 1090. The second-order valence-electron chi connectivity index (χ2n) is 6.16. The molecule has 0 fully saturated rings. The van der Waals surface area contributed by atoms with E-state index in [1.165, 1.54) is 60.9 Å². The van der Waals surface area contributed by atoms with Crippen LogP contribution < -0.4 is 14.8 Å². The van der Waals surface area contributed by atoms with Gasteiger partial charge >= 0.3 is 0 Å². The molecule has 0 bridgehead atoms. The minimum atomic E-state index is -3.87. The lowest BCUT2D eigenvalue weighted by Gasteiger charge is -2.17. The summed E-state index contributed by atoms with van der Waals surface area (Å²) < 4.78 is 45.7. The van der Waals surface area contributed by atoms with Gasteiger partial charge in [-0.15, -0.1) is 0 Å². The summed E-state index contributed by atoms with van der Waals surface area (Å²) in [5.74, 6) is -0.482. The molecule has 0 saturated heterocycles. The Morgan fingerprint density at radius 2 is 1.70 bits per heavy atom. The van der Waals surface area contributed by atoms with Crippen molar-refractivity contribution in [3.63, 3.8) is 0 Å². The molecule has 0 aliphatic carbocycles. The normalized spacial score (nSPS) is 12.1. The molecule has 2 N–H and O–H groups in total. The Kier molecular flexibility index (Phi) is 6.58. The molecule has 3 aromatic rings. The molecule has 0 aliphatic heterocycles. The lowest BCUT2D eigenvalue weighted by atomic mass is 10.2. The number of ether oxygens (including phenoxy) is 1. The van der Waals surface area contributed by atoms with Gasteiger partial charge in [-0.3, -0.25) is 4.79 Å². The monoisotopic (exact) mass is 430 g/mol. The number of aromatic nitrogens is 2. The molecule has 10 heteroatoms.